The van der Waals surface area contributed by atoms with Gasteiger partial charge < -0.3 is 39.9 Å². The predicted molar refractivity (Wildman–Crippen MR) is 230 cm³/mol. The molecule has 1 rings (SSSR count). The van der Waals surface area contributed by atoms with E-state index < -0.39 is 75.7 Å². The summed E-state index contributed by atoms with van der Waals surface area (Å²) >= 11 is 0. The van der Waals surface area contributed by atoms with E-state index in [1.165, 1.54) is 122 Å². The minimum atomic E-state index is -5.13. The molecule has 1 aliphatic rings. The zero-order valence-corrected chi connectivity index (χ0v) is 37.4. The van der Waals surface area contributed by atoms with Crippen molar-refractivity contribution in [2.45, 2.75) is 236 Å². The molecule has 1 aliphatic carbocycles. The van der Waals surface area contributed by atoms with Crippen LogP contribution >= 0.6 is 7.82 Å². The number of phosphoric acid groups is 1. The minimum Gasteiger partial charge on any atom is -0.462 e. The number of hydrogen-bond acceptors (Lipinski definition) is 12. The Morgan fingerprint density at radius 2 is 0.949 bits per heavy atom. The SMILES string of the molecule is CCCCCCCCCCC=CCC=CCCC(=O)OC(COC(=O)CCCCCCCCCCCCCCCCC)COP(=O)(O)OC1C(O)C(O)C(O)C(O)C1O. The van der Waals surface area contributed by atoms with Gasteiger partial charge in [-0.3, -0.25) is 18.6 Å². The third kappa shape index (κ3) is 28.5. The lowest BCUT2D eigenvalue weighted by Gasteiger charge is -2.41. The van der Waals surface area contributed by atoms with Crippen molar-refractivity contribution in [1.82, 2.24) is 0 Å². The van der Waals surface area contributed by atoms with Crippen molar-refractivity contribution in [1.29, 1.82) is 0 Å². The first kappa shape index (κ1) is 55.3. The van der Waals surface area contributed by atoms with E-state index in [4.69, 9.17) is 18.5 Å². The van der Waals surface area contributed by atoms with Crippen LogP contribution < -0.4 is 0 Å². The Morgan fingerprint density at radius 3 is 1.44 bits per heavy atom. The van der Waals surface area contributed by atoms with Gasteiger partial charge >= 0.3 is 19.8 Å². The molecule has 0 aromatic rings. The Labute approximate surface area is 356 Å². The van der Waals surface area contributed by atoms with Crippen LogP contribution in [0.5, 0.6) is 0 Å². The van der Waals surface area contributed by atoms with Crippen LogP contribution in [0.2, 0.25) is 0 Å². The summed E-state index contributed by atoms with van der Waals surface area (Å²) in [5.41, 5.74) is 0. The molecule has 6 atom stereocenters. The second kappa shape index (κ2) is 35.9. The molecule has 59 heavy (non-hydrogen) atoms. The maximum Gasteiger partial charge on any atom is 0.472 e. The maximum absolute atomic E-state index is 12.8. The quantitative estimate of drug-likeness (QED) is 0.0149. The van der Waals surface area contributed by atoms with Crippen LogP contribution in [0.25, 0.3) is 0 Å². The number of rotatable bonds is 38. The highest BCUT2D eigenvalue weighted by molar-refractivity contribution is 7.47. The van der Waals surface area contributed by atoms with Crippen LogP contribution in [0.3, 0.4) is 0 Å². The molecule has 0 aliphatic heterocycles. The van der Waals surface area contributed by atoms with E-state index in [9.17, 15) is 44.6 Å². The number of esters is 2. The topological polar surface area (TPSA) is 210 Å². The number of phosphoric ester groups is 1. The van der Waals surface area contributed by atoms with Gasteiger partial charge in [-0.25, -0.2) is 4.57 Å². The van der Waals surface area contributed by atoms with E-state index >= 15 is 0 Å². The van der Waals surface area contributed by atoms with Crippen molar-refractivity contribution in [3.63, 3.8) is 0 Å². The Balaban J connectivity index is 2.49. The minimum absolute atomic E-state index is 0.00606. The highest BCUT2D eigenvalue weighted by atomic mass is 31.2. The summed E-state index contributed by atoms with van der Waals surface area (Å²) in [6, 6.07) is 0. The van der Waals surface area contributed by atoms with E-state index in [0.717, 1.165) is 32.1 Å². The fourth-order valence-corrected chi connectivity index (χ4v) is 8.02. The van der Waals surface area contributed by atoms with Gasteiger partial charge in [-0.05, 0) is 32.1 Å². The van der Waals surface area contributed by atoms with Crippen LogP contribution in [0, 0.1) is 0 Å². The van der Waals surface area contributed by atoms with Gasteiger partial charge in [0.25, 0.3) is 0 Å². The predicted octanol–water partition coefficient (Wildman–Crippen LogP) is 8.84. The van der Waals surface area contributed by atoms with Crippen molar-refractivity contribution in [3.05, 3.63) is 24.3 Å². The Bertz CT molecular complexity index is 1130. The van der Waals surface area contributed by atoms with Crippen LogP contribution in [-0.2, 0) is 32.7 Å². The molecule has 0 radical (unpaired) electrons. The van der Waals surface area contributed by atoms with E-state index in [1.54, 1.807) is 0 Å². The normalized spacial score (nSPS) is 22.5. The first-order valence-corrected chi connectivity index (χ1v) is 24.6. The first-order valence-electron chi connectivity index (χ1n) is 23.1. The molecule has 0 amide bonds. The van der Waals surface area contributed by atoms with E-state index in [0.29, 0.717) is 12.8 Å². The summed E-state index contributed by atoms with van der Waals surface area (Å²) in [6.07, 6.45) is 25.4. The Morgan fingerprint density at radius 1 is 0.525 bits per heavy atom. The molecule has 0 bridgehead atoms. The molecule has 0 aromatic heterocycles. The van der Waals surface area contributed by atoms with Crippen LogP contribution in [-0.4, -0.2) is 98.3 Å². The van der Waals surface area contributed by atoms with Gasteiger partial charge in [0.05, 0.1) is 6.61 Å². The largest absolute Gasteiger partial charge is 0.472 e. The number of allylic oxidation sites excluding steroid dienone is 4. The molecular formula is C45H83O13P. The number of unbranched alkanes of at least 4 members (excludes halogenated alkanes) is 22. The summed E-state index contributed by atoms with van der Waals surface area (Å²) in [4.78, 5) is 35.6. The summed E-state index contributed by atoms with van der Waals surface area (Å²) in [5.74, 6) is -1.17. The highest BCUT2D eigenvalue weighted by Gasteiger charge is 2.51. The molecule has 1 saturated carbocycles. The van der Waals surface area contributed by atoms with Crippen LogP contribution in [0.4, 0.5) is 0 Å². The number of hydrogen-bond donors (Lipinski definition) is 6. The van der Waals surface area contributed by atoms with Gasteiger partial charge in [-0.2, -0.15) is 0 Å². The van der Waals surface area contributed by atoms with Gasteiger partial charge in [-0.15, -0.1) is 0 Å². The molecule has 14 heteroatoms. The molecule has 0 heterocycles. The van der Waals surface area contributed by atoms with Gasteiger partial charge in [-0.1, -0.05) is 173 Å². The van der Waals surface area contributed by atoms with Crippen molar-refractivity contribution in [2.24, 2.45) is 0 Å². The van der Waals surface area contributed by atoms with Gasteiger partial charge in [0.1, 0.15) is 43.2 Å². The van der Waals surface area contributed by atoms with Crippen molar-refractivity contribution in [3.8, 4) is 0 Å². The monoisotopic (exact) mass is 863 g/mol. The summed E-state index contributed by atoms with van der Waals surface area (Å²) in [6.45, 7) is 3.26. The molecule has 0 aromatic carbocycles. The first-order chi connectivity index (χ1) is 28.4. The smallest absolute Gasteiger partial charge is 0.462 e. The number of aliphatic hydroxyl groups excluding tert-OH is 5. The van der Waals surface area contributed by atoms with Crippen LogP contribution in [0.15, 0.2) is 24.3 Å². The van der Waals surface area contributed by atoms with Crippen molar-refractivity contribution in [2.75, 3.05) is 13.2 Å². The second-order valence-corrected chi connectivity index (χ2v) is 17.7. The van der Waals surface area contributed by atoms with Crippen molar-refractivity contribution < 1.29 is 63.1 Å². The molecule has 6 unspecified atom stereocenters. The van der Waals surface area contributed by atoms with Crippen LogP contribution in [0.1, 0.15) is 194 Å². The molecule has 13 nitrogen and oxygen atoms in total. The molecule has 0 saturated heterocycles. The number of carbonyl (C=O) groups excluding carboxylic acids is 2. The Hall–Kier alpha value is -1.67. The lowest BCUT2D eigenvalue weighted by atomic mass is 9.85. The maximum atomic E-state index is 12.8. The highest BCUT2D eigenvalue weighted by Crippen LogP contribution is 2.47. The lowest BCUT2D eigenvalue weighted by molar-refractivity contribution is -0.220. The fourth-order valence-electron chi connectivity index (χ4n) is 7.05. The third-order valence-electron chi connectivity index (χ3n) is 10.8. The fraction of sp³-hybridized carbons (Fsp3) is 0.867. The van der Waals surface area contributed by atoms with E-state index in [1.807, 2.05) is 12.2 Å². The summed E-state index contributed by atoms with van der Waals surface area (Å²) < 4.78 is 33.4. The second-order valence-electron chi connectivity index (χ2n) is 16.3. The Kier molecular flexibility index (Phi) is 33.7. The standard InChI is InChI=1S/C45H83O13P/c1-3-5-7-9-11-13-15-17-19-21-23-25-27-29-31-33-38(46)55-35-37(36-56-59(53,54)58-45-43(51)41(49)40(48)42(50)44(45)52)57-39(47)34-32-30-28-26-24-22-20-18-16-14-12-10-8-6-4-2/h22,24,28,30,37,40-45,48-52H,3-21,23,25-27,29,31-36H2,1-2H3,(H,53,54). The summed E-state index contributed by atoms with van der Waals surface area (Å²) in [5, 5.41) is 50.1. The lowest BCUT2D eigenvalue weighted by Crippen LogP contribution is -2.64. The summed E-state index contributed by atoms with van der Waals surface area (Å²) in [7, 11) is -5.13. The van der Waals surface area contributed by atoms with E-state index in [-0.39, 0.29) is 12.8 Å². The van der Waals surface area contributed by atoms with Gasteiger partial charge in [0.2, 0.25) is 0 Å². The molecule has 6 N–H and O–H groups in total. The average molecular weight is 863 g/mol. The van der Waals surface area contributed by atoms with Gasteiger partial charge in [0, 0.05) is 12.8 Å². The zero-order chi connectivity index (χ0) is 43.6. The van der Waals surface area contributed by atoms with Gasteiger partial charge in [0.15, 0.2) is 6.10 Å². The molecule has 346 valence electrons. The zero-order valence-electron chi connectivity index (χ0n) is 36.6. The van der Waals surface area contributed by atoms with E-state index in [2.05, 4.69) is 26.0 Å². The van der Waals surface area contributed by atoms with Crippen molar-refractivity contribution >= 4 is 19.8 Å². The average Bonchev–Trinajstić information content (AvgIpc) is 3.21. The molecular weight excluding hydrogens is 779 g/mol. The molecule has 1 fully saturated rings. The number of ether oxygens (including phenoxy) is 2. The molecule has 0 spiro atoms. The number of carbonyl (C=O) groups is 2. The third-order valence-corrected chi connectivity index (χ3v) is 11.8. The number of aliphatic hydroxyl groups is 5.